The van der Waals surface area contributed by atoms with E-state index in [1.54, 1.807) is 38.1 Å². The summed E-state index contributed by atoms with van der Waals surface area (Å²) in [7, 11) is 0. The largest absolute Gasteiger partial charge is 0.343 e. The lowest BCUT2D eigenvalue weighted by Crippen LogP contribution is -2.32. The minimum atomic E-state index is -0.474. The van der Waals surface area contributed by atoms with E-state index in [0.717, 1.165) is 0 Å². The zero-order chi connectivity index (χ0) is 19.1. The van der Waals surface area contributed by atoms with Crippen molar-refractivity contribution in [2.45, 2.75) is 13.8 Å². The normalized spacial score (nSPS) is 10.3. The summed E-state index contributed by atoms with van der Waals surface area (Å²) in [5, 5.41) is 7.83. The first-order valence-corrected chi connectivity index (χ1v) is 8.09. The summed E-state index contributed by atoms with van der Waals surface area (Å²) in [5.41, 5.74) is 1.32. The van der Waals surface area contributed by atoms with Crippen molar-refractivity contribution in [1.82, 2.24) is 5.32 Å². The fourth-order valence-electron chi connectivity index (χ4n) is 2.03. The van der Waals surface area contributed by atoms with Gasteiger partial charge in [0.15, 0.2) is 0 Å². The number of carbonyl (C=O) groups excluding carboxylic acids is 3. The van der Waals surface area contributed by atoms with Crippen LogP contribution in [0, 0.1) is 11.7 Å². The average molecular weight is 357 g/mol. The molecule has 0 radical (unpaired) electrons. The quantitative estimate of drug-likeness (QED) is 0.743. The van der Waals surface area contributed by atoms with E-state index in [1.807, 2.05) is 0 Å². The zero-order valence-electron chi connectivity index (χ0n) is 14.5. The Morgan fingerprint density at radius 1 is 0.962 bits per heavy atom. The molecular weight excluding hydrogens is 337 g/mol. The third-order valence-corrected chi connectivity index (χ3v) is 3.45. The van der Waals surface area contributed by atoms with Crippen LogP contribution < -0.4 is 16.0 Å². The maximum absolute atomic E-state index is 12.8. The number of carbonyl (C=O) groups is 3. The molecule has 2 rings (SSSR count). The predicted molar refractivity (Wildman–Crippen MR) is 97.3 cm³/mol. The van der Waals surface area contributed by atoms with E-state index >= 15 is 0 Å². The van der Waals surface area contributed by atoms with Gasteiger partial charge in [0.1, 0.15) is 5.82 Å². The Kier molecular flexibility index (Phi) is 6.43. The molecule has 6 nitrogen and oxygen atoms in total. The van der Waals surface area contributed by atoms with Crippen molar-refractivity contribution >= 4 is 29.1 Å². The topological polar surface area (TPSA) is 87.3 Å². The molecule has 0 saturated heterocycles. The van der Waals surface area contributed by atoms with Gasteiger partial charge in [0, 0.05) is 22.9 Å². The Morgan fingerprint density at radius 2 is 1.58 bits per heavy atom. The molecule has 0 bridgehead atoms. The number of hydrogen-bond acceptors (Lipinski definition) is 3. The van der Waals surface area contributed by atoms with Gasteiger partial charge in [-0.1, -0.05) is 19.9 Å². The summed E-state index contributed by atoms with van der Waals surface area (Å²) in [6.07, 6.45) is 0. The second kappa shape index (κ2) is 8.75. The van der Waals surface area contributed by atoms with Crippen LogP contribution in [0.2, 0.25) is 0 Å². The molecule has 0 aromatic heterocycles. The van der Waals surface area contributed by atoms with E-state index in [-0.39, 0.29) is 23.9 Å². The van der Waals surface area contributed by atoms with Crippen LogP contribution in [0.1, 0.15) is 24.2 Å². The van der Waals surface area contributed by atoms with Gasteiger partial charge in [0.05, 0.1) is 6.54 Å². The molecule has 7 heteroatoms. The molecule has 0 aliphatic rings. The molecule has 3 N–H and O–H groups in total. The average Bonchev–Trinajstić information content (AvgIpc) is 2.60. The van der Waals surface area contributed by atoms with Crippen molar-refractivity contribution in [2.75, 3.05) is 17.2 Å². The van der Waals surface area contributed by atoms with Crippen LogP contribution in [0.15, 0.2) is 48.5 Å². The molecule has 0 unspecified atom stereocenters. The van der Waals surface area contributed by atoms with Crippen LogP contribution in [-0.4, -0.2) is 24.3 Å². The Hall–Kier alpha value is -3.22. The minimum Gasteiger partial charge on any atom is -0.343 e. The minimum absolute atomic E-state index is 0.125. The Morgan fingerprint density at radius 3 is 2.19 bits per heavy atom. The van der Waals surface area contributed by atoms with Crippen LogP contribution >= 0.6 is 0 Å². The lowest BCUT2D eigenvalue weighted by molar-refractivity contribution is -0.119. The summed E-state index contributed by atoms with van der Waals surface area (Å²) in [5.74, 6) is -1.62. The van der Waals surface area contributed by atoms with E-state index < -0.39 is 17.6 Å². The first-order chi connectivity index (χ1) is 12.3. The molecule has 0 aliphatic heterocycles. The van der Waals surface area contributed by atoms with Gasteiger partial charge in [-0.2, -0.15) is 0 Å². The number of anilines is 2. The first kappa shape index (κ1) is 19.1. The molecule has 136 valence electrons. The second-order valence-electron chi connectivity index (χ2n) is 5.96. The zero-order valence-corrected chi connectivity index (χ0v) is 14.5. The smallest absolute Gasteiger partial charge is 0.251 e. The summed E-state index contributed by atoms with van der Waals surface area (Å²) < 4.78 is 12.8. The van der Waals surface area contributed by atoms with Gasteiger partial charge in [0.25, 0.3) is 5.91 Å². The standard InChI is InChI=1S/C19H20FN3O3/c1-12(2)18(25)23-16-5-3-4-15(10-16)22-17(24)11-21-19(26)13-6-8-14(20)9-7-13/h3-10,12H,11H2,1-2H3,(H,21,26)(H,22,24)(H,23,25). The van der Waals surface area contributed by atoms with E-state index in [9.17, 15) is 18.8 Å². The van der Waals surface area contributed by atoms with Crippen LogP contribution in [0.3, 0.4) is 0 Å². The first-order valence-electron chi connectivity index (χ1n) is 8.09. The highest BCUT2D eigenvalue weighted by atomic mass is 19.1. The second-order valence-corrected chi connectivity index (χ2v) is 5.96. The van der Waals surface area contributed by atoms with Gasteiger partial charge in [-0.25, -0.2) is 4.39 Å². The summed E-state index contributed by atoms with van der Waals surface area (Å²) >= 11 is 0. The Balaban J connectivity index is 1.88. The number of amides is 3. The van der Waals surface area contributed by atoms with Crippen LogP contribution in [0.4, 0.5) is 15.8 Å². The van der Waals surface area contributed by atoms with Crippen molar-refractivity contribution in [3.8, 4) is 0 Å². The molecule has 0 spiro atoms. The number of benzene rings is 2. The van der Waals surface area contributed by atoms with Crippen molar-refractivity contribution in [3.63, 3.8) is 0 Å². The predicted octanol–water partition coefficient (Wildman–Crippen LogP) is 2.79. The van der Waals surface area contributed by atoms with Gasteiger partial charge in [-0.15, -0.1) is 0 Å². The molecule has 0 saturated carbocycles. The molecule has 26 heavy (non-hydrogen) atoms. The molecule has 2 aromatic rings. The molecule has 0 fully saturated rings. The summed E-state index contributed by atoms with van der Waals surface area (Å²) in [6, 6.07) is 11.7. The van der Waals surface area contributed by atoms with Gasteiger partial charge >= 0.3 is 0 Å². The Labute approximate surface area is 150 Å². The highest BCUT2D eigenvalue weighted by Gasteiger charge is 2.10. The van der Waals surface area contributed by atoms with Crippen LogP contribution in [0.5, 0.6) is 0 Å². The molecule has 3 amide bonds. The third kappa shape index (κ3) is 5.70. The van der Waals surface area contributed by atoms with Crippen molar-refractivity contribution in [1.29, 1.82) is 0 Å². The van der Waals surface area contributed by atoms with Gasteiger partial charge in [-0.3, -0.25) is 14.4 Å². The maximum atomic E-state index is 12.8. The van der Waals surface area contributed by atoms with E-state index in [4.69, 9.17) is 0 Å². The third-order valence-electron chi connectivity index (χ3n) is 3.45. The van der Waals surface area contributed by atoms with Crippen molar-refractivity contribution in [2.24, 2.45) is 5.92 Å². The van der Waals surface area contributed by atoms with E-state index in [2.05, 4.69) is 16.0 Å². The molecule has 0 atom stereocenters. The molecule has 0 heterocycles. The lowest BCUT2D eigenvalue weighted by atomic mass is 10.2. The highest BCUT2D eigenvalue weighted by molar-refractivity contribution is 5.99. The molecule has 2 aromatic carbocycles. The number of rotatable bonds is 6. The van der Waals surface area contributed by atoms with E-state index in [0.29, 0.717) is 11.4 Å². The number of nitrogens with one attached hydrogen (secondary N) is 3. The van der Waals surface area contributed by atoms with Crippen LogP contribution in [0.25, 0.3) is 0 Å². The summed E-state index contributed by atoms with van der Waals surface area (Å²) in [6.45, 7) is 3.33. The SMILES string of the molecule is CC(C)C(=O)Nc1cccc(NC(=O)CNC(=O)c2ccc(F)cc2)c1. The fourth-order valence-corrected chi connectivity index (χ4v) is 2.03. The van der Waals surface area contributed by atoms with E-state index in [1.165, 1.54) is 24.3 Å². The van der Waals surface area contributed by atoms with Gasteiger partial charge in [-0.05, 0) is 42.5 Å². The fraction of sp³-hybridized carbons (Fsp3) is 0.211. The highest BCUT2D eigenvalue weighted by Crippen LogP contribution is 2.15. The number of halogens is 1. The number of hydrogen-bond donors (Lipinski definition) is 3. The lowest BCUT2D eigenvalue weighted by Gasteiger charge is -2.10. The Bertz CT molecular complexity index is 804. The van der Waals surface area contributed by atoms with Crippen LogP contribution in [-0.2, 0) is 9.59 Å². The molecular formula is C19H20FN3O3. The monoisotopic (exact) mass is 357 g/mol. The van der Waals surface area contributed by atoms with Gasteiger partial charge in [0.2, 0.25) is 11.8 Å². The molecule has 0 aliphatic carbocycles. The maximum Gasteiger partial charge on any atom is 0.251 e. The van der Waals surface area contributed by atoms with Crippen molar-refractivity contribution in [3.05, 3.63) is 59.9 Å². The van der Waals surface area contributed by atoms with Gasteiger partial charge < -0.3 is 16.0 Å². The van der Waals surface area contributed by atoms with Crippen molar-refractivity contribution < 1.29 is 18.8 Å². The summed E-state index contributed by atoms with van der Waals surface area (Å²) in [4.78, 5) is 35.6.